The average molecular weight is 196 g/mol. The quantitative estimate of drug-likeness (QED) is 0.550. The molecule has 1 aromatic carbocycles. The van der Waals surface area contributed by atoms with Gasteiger partial charge < -0.3 is 9.79 Å². The van der Waals surface area contributed by atoms with Gasteiger partial charge in [0.15, 0.2) is 0 Å². The molecule has 0 aromatic heterocycles. The second-order valence-corrected chi connectivity index (χ2v) is 3.49. The number of rotatable bonds is 3. The molecule has 0 unspecified atom stereocenters. The van der Waals surface area contributed by atoms with E-state index in [1.165, 1.54) is 0 Å². The predicted molar refractivity (Wildman–Crippen MR) is 50.4 cm³/mol. The Balaban J connectivity index is 0.00000144. The Hall–Kier alpha value is -0.0726. The Morgan fingerprint density at radius 1 is 1.23 bits per heavy atom. The summed E-state index contributed by atoms with van der Waals surface area (Å²) in [6, 6.07) is 8.84. The molecule has 0 aliphatic carbocycles. The third-order valence-electron chi connectivity index (χ3n) is 1.24. The van der Waals surface area contributed by atoms with Crippen molar-refractivity contribution in [3.63, 3.8) is 0 Å². The maximum absolute atomic E-state index is 10.3. The first kappa shape index (κ1) is 12.9. The van der Waals surface area contributed by atoms with Crippen LogP contribution in [0.1, 0.15) is 5.56 Å². The fourth-order valence-corrected chi connectivity index (χ4v) is 1.05. The van der Waals surface area contributed by atoms with E-state index < -0.39 is 7.82 Å². The summed E-state index contributed by atoms with van der Waals surface area (Å²) in [5, 5.41) is 0. The number of phosphoric acid groups is 1. The zero-order valence-corrected chi connectivity index (χ0v) is 7.15. The van der Waals surface area contributed by atoms with E-state index in [9.17, 15) is 4.57 Å². The van der Waals surface area contributed by atoms with Crippen LogP contribution in [0.2, 0.25) is 0 Å². The van der Waals surface area contributed by atoms with Crippen molar-refractivity contribution in [1.82, 2.24) is 0 Å². The summed E-state index contributed by atoms with van der Waals surface area (Å²) >= 11 is 0. The molecule has 0 spiro atoms. The fourth-order valence-electron chi connectivity index (χ4n) is 0.733. The van der Waals surface area contributed by atoms with Crippen molar-refractivity contribution >= 4 is 26.7 Å². The van der Waals surface area contributed by atoms with Gasteiger partial charge in [0.25, 0.3) is 0 Å². The topological polar surface area (TPSA) is 66.8 Å². The van der Waals surface area contributed by atoms with Crippen molar-refractivity contribution in [3.05, 3.63) is 35.9 Å². The van der Waals surface area contributed by atoms with Gasteiger partial charge in [0.2, 0.25) is 0 Å². The first-order valence-corrected chi connectivity index (χ1v) is 4.85. The zero-order chi connectivity index (χ0) is 9.03. The van der Waals surface area contributed by atoms with Gasteiger partial charge in [0.05, 0.1) is 6.61 Å². The van der Waals surface area contributed by atoms with Gasteiger partial charge in [0, 0.05) is 0 Å². The van der Waals surface area contributed by atoms with E-state index in [4.69, 9.17) is 9.79 Å². The van der Waals surface area contributed by atoms with Crippen LogP contribution >= 0.6 is 7.82 Å². The molecule has 68 valence electrons. The van der Waals surface area contributed by atoms with Crippen LogP contribution in [0.15, 0.2) is 30.3 Å². The van der Waals surface area contributed by atoms with Crippen LogP contribution in [0.3, 0.4) is 0 Å². The van der Waals surface area contributed by atoms with Crippen LogP contribution in [-0.2, 0) is 15.7 Å². The molecule has 0 atom stereocenters. The molecule has 0 radical (unpaired) electrons. The summed E-state index contributed by atoms with van der Waals surface area (Å²) < 4.78 is 14.6. The minimum atomic E-state index is -4.33. The molecule has 0 heterocycles. The van der Waals surface area contributed by atoms with Gasteiger partial charge in [-0.05, 0) is 5.56 Å². The Morgan fingerprint density at radius 2 is 1.77 bits per heavy atom. The summed E-state index contributed by atoms with van der Waals surface area (Å²) in [5.74, 6) is 0. The third-order valence-corrected chi connectivity index (χ3v) is 1.71. The maximum atomic E-state index is 10.3. The van der Waals surface area contributed by atoms with Crippen molar-refractivity contribution in [2.75, 3.05) is 0 Å². The average Bonchev–Trinajstić information content (AvgIpc) is 2.02. The Labute approximate surface area is 88.3 Å². The first-order valence-electron chi connectivity index (χ1n) is 3.32. The van der Waals surface area contributed by atoms with Crippen LogP contribution in [0, 0.1) is 0 Å². The van der Waals surface area contributed by atoms with Gasteiger partial charge >= 0.3 is 26.7 Å². The minimum absolute atomic E-state index is 0. The van der Waals surface area contributed by atoms with E-state index in [1.54, 1.807) is 24.3 Å². The van der Waals surface area contributed by atoms with Crippen molar-refractivity contribution in [2.24, 2.45) is 0 Å². The Bertz CT molecular complexity index is 284. The van der Waals surface area contributed by atoms with E-state index in [0.717, 1.165) is 5.56 Å². The number of hydrogen-bond acceptors (Lipinski definition) is 2. The van der Waals surface area contributed by atoms with Gasteiger partial charge in [-0.25, -0.2) is 4.57 Å². The van der Waals surface area contributed by atoms with Crippen LogP contribution in [-0.4, -0.2) is 28.6 Å². The third kappa shape index (κ3) is 6.06. The van der Waals surface area contributed by atoms with Gasteiger partial charge in [-0.2, -0.15) is 0 Å². The molecule has 6 heteroatoms. The normalized spacial score (nSPS) is 10.6. The second kappa shape index (κ2) is 5.61. The number of phosphoric ester groups is 1. The summed E-state index contributed by atoms with van der Waals surface area (Å²) in [7, 11) is -4.33. The van der Waals surface area contributed by atoms with Gasteiger partial charge in [-0.15, -0.1) is 0 Å². The number of benzene rings is 1. The molecular weight excluding hydrogens is 186 g/mol. The number of hydrogen-bond donors (Lipinski definition) is 2. The monoisotopic (exact) mass is 196 g/mol. The molecule has 1 rings (SSSR count). The predicted octanol–water partition coefficient (Wildman–Crippen LogP) is 0.647. The molecule has 0 aliphatic rings. The summed E-state index contributed by atoms with van der Waals surface area (Å²) in [6.45, 7) is -0.0644. The van der Waals surface area contributed by atoms with Crippen LogP contribution in [0.25, 0.3) is 0 Å². The molecule has 0 aliphatic heterocycles. The molecular formula is C7H10LiO4P. The summed E-state index contributed by atoms with van der Waals surface area (Å²) in [6.07, 6.45) is 0. The first-order chi connectivity index (χ1) is 5.58. The van der Waals surface area contributed by atoms with E-state index in [0.29, 0.717) is 0 Å². The molecule has 1 aromatic rings. The van der Waals surface area contributed by atoms with E-state index in [-0.39, 0.29) is 25.5 Å². The Morgan fingerprint density at radius 3 is 2.23 bits per heavy atom. The van der Waals surface area contributed by atoms with Crippen LogP contribution < -0.4 is 0 Å². The molecule has 0 bridgehead atoms. The van der Waals surface area contributed by atoms with E-state index in [2.05, 4.69) is 4.52 Å². The van der Waals surface area contributed by atoms with Crippen molar-refractivity contribution in [2.45, 2.75) is 6.61 Å². The van der Waals surface area contributed by atoms with Gasteiger partial charge in [0.1, 0.15) is 0 Å². The SMILES string of the molecule is O=P(O)(O)OCc1ccccc1.[LiH]. The van der Waals surface area contributed by atoms with Crippen molar-refractivity contribution < 1.29 is 18.9 Å². The Kier molecular flexibility index (Phi) is 5.58. The molecule has 0 fully saturated rings. The van der Waals surface area contributed by atoms with E-state index in [1.807, 2.05) is 6.07 Å². The molecule has 13 heavy (non-hydrogen) atoms. The van der Waals surface area contributed by atoms with Crippen LogP contribution in [0.5, 0.6) is 0 Å². The van der Waals surface area contributed by atoms with Crippen molar-refractivity contribution in [1.29, 1.82) is 0 Å². The zero-order valence-electron chi connectivity index (χ0n) is 6.25. The van der Waals surface area contributed by atoms with Crippen LogP contribution in [0.4, 0.5) is 0 Å². The second-order valence-electron chi connectivity index (χ2n) is 2.25. The summed E-state index contributed by atoms with van der Waals surface area (Å²) in [5.41, 5.74) is 0.737. The van der Waals surface area contributed by atoms with Crippen molar-refractivity contribution in [3.8, 4) is 0 Å². The molecule has 0 saturated carbocycles. The van der Waals surface area contributed by atoms with Gasteiger partial charge in [-0.1, -0.05) is 30.3 Å². The molecule has 4 nitrogen and oxygen atoms in total. The standard InChI is InChI=1S/C7H9O4P.Li.H/c8-12(9,10)11-6-7-4-2-1-3-5-7;;/h1-5H,6H2,(H2,8,9,10);;. The van der Waals surface area contributed by atoms with E-state index >= 15 is 0 Å². The molecule has 0 amide bonds. The molecule has 0 saturated heterocycles. The summed E-state index contributed by atoms with van der Waals surface area (Å²) in [4.78, 5) is 16.7. The fraction of sp³-hybridized carbons (Fsp3) is 0.143. The van der Waals surface area contributed by atoms with Gasteiger partial charge in [-0.3, -0.25) is 4.52 Å². The molecule has 2 N–H and O–H groups in total.